The van der Waals surface area contributed by atoms with Crippen molar-refractivity contribution in [2.45, 2.75) is 71.6 Å². The fourth-order valence-corrected chi connectivity index (χ4v) is 6.01. The Hall–Kier alpha value is -4.29. The van der Waals surface area contributed by atoms with E-state index < -0.39 is 47.3 Å². The molecule has 258 valence electrons. The normalized spacial score (nSPS) is 23.2. The Morgan fingerprint density at radius 3 is 2.27 bits per heavy atom. The number of carbonyl (C=O) groups excluding carboxylic acids is 2. The van der Waals surface area contributed by atoms with Gasteiger partial charge in [0.25, 0.3) is 0 Å². The van der Waals surface area contributed by atoms with Crippen LogP contribution in [0.15, 0.2) is 60.2 Å². The molecule has 1 saturated carbocycles. The van der Waals surface area contributed by atoms with Crippen LogP contribution in [0.5, 0.6) is 0 Å². The Balaban J connectivity index is 1.50. The summed E-state index contributed by atoms with van der Waals surface area (Å²) in [5, 5.41) is 0. The first kappa shape index (κ1) is 35.0. The average molecular weight is 678 g/mol. The predicted octanol–water partition coefficient (Wildman–Crippen LogP) is 8.52. The van der Waals surface area contributed by atoms with E-state index in [1.54, 1.807) is 6.92 Å². The van der Waals surface area contributed by atoms with Crippen molar-refractivity contribution >= 4 is 23.5 Å². The van der Waals surface area contributed by atoms with Gasteiger partial charge in [0.15, 0.2) is 0 Å². The first-order valence-corrected chi connectivity index (χ1v) is 15.8. The lowest BCUT2D eigenvalue weighted by atomic mass is 9.93. The van der Waals surface area contributed by atoms with E-state index in [2.05, 4.69) is 11.5 Å². The minimum Gasteiger partial charge on any atom is -0.466 e. The van der Waals surface area contributed by atoms with Crippen LogP contribution < -0.4 is 4.90 Å². The van der Waals surface area contributed by atoms with E-state index in [-0.39, 0.29) is 37.0 Å². The van der Waals surface area contributed by atoms with Gasteiger partial charge in [-0.05, 0) is 93.5 Å². The molecule has 3 aliphatic rings. The highest BCUT2D eigenvalue weighted by Crippen LogP contribution is 2.46. The van der Waals surface area contributed by atoms with Gasteiger partial charge in [-0.2, -0.15) is 26.3 Å². The van der Waals surface area contributed by atoms with Gasteiger partial charge in [0.05, 0.1) is 41.9 Å². The van der Waals surface area contributed by atoms with Crippen molar-refractivity contribution in [3.63, 3.8) is 0 Å². The van der Waals surface area contributed by atoms with Crippen LogP contribution in [-0.2, 0) is 33.2 Å². The molecule has 0 spiro atoms. The van der Waals surface area contributed by atoms with Crippen molar-refractivity contribution in [1.82, 2.24) is 9.88 Å². The number of aromatic nitrogens is 1. The fourth-order valence-electron chi connectivity index (χ4n) is 6.01. The summed E-state index contributed by atoms with van der Waals surface area (Å²) in [7, 11) is 0. The second-order valence-electron chi connectivity index (χ2n) is 12.3. The molecule has 2 saturated heterocycles. The number of allylic oxidation sites excluding steroid dienone is 5. The molecule has 0 N–H and O–H groups in total. The third-order valence-corrected chi connectivity index (χ3v) is 9.12. The average Bonchev–Trinajstić information content (AvgIpc) is 3.75. The number of esters is 1. The number of alkyl halides is 6. The van der Waals surface area contributed by atoms with Crippen LogP contribution >= 0.6 is 0 Å². The molecular weight excluding hydrogens is 640 g/mol. The quantitative estimate of drug-likeness (QED) is 0.143. The summed E-state index contributed by atoms with van der Waals surface area (Å²) < 4.78 is 92.3. The summed E-state index contributed by atoms with van der Waals surface area (Å²) in [6.45, 7) is 13.0. The second-order valence-corrected chi connectivity index (χ2v) is 12.3. The summed E-state index contributed by atoms with van der Waals surface area (Å²) in [4.78, 5) is 33.8. The Morgan fingerprint density at radius 1 is 1.08 bits per heavy atom. The van der Waals surface area contributed by atoms with Crippen LogP contribution in [0.4, 0.5) is 37.0 Å². The maximum absolute atomic E-state index is 13.6. The monoisotopic (exact) mass is 677 g/mol. The van der Waals surface area contributed by atoms with E-state index in [0.717, 1.165) is 36.2 Å². The van der Waals surface area contributed by atoms with Crippen LogP contribution in [0.25, 0.3) is 5.57 Å². The van der Waals surface area contributed by atoms with Crippen LogP contribution in [0.2, 0.25) is 0 Å². The van der Waals surface area contributed by atoms with E-state index in [4.69, 9.17) is 14.5 Å². The van der Waals surface area contributed by atoms with Gasteiger partial charge >= 0.3 is 24.4 Å². The third-order valence-electron chi connectivity index (χ3n) is 9.12. The second kappa shape index (κ2) is 13.3. The molecule has 1 unspecified atom stereocenters. The fraction of sp³-hybridized carbons (Fsp3) is 0.457. The lowest BCUT2D eigenvalue weighted by Gasteiger charge is -2.33. The molecule has 7 nitrogen and oxygen atoms in total. The number of carbonyl (C=O) groups is 2. The Bertz CT molecular complexity index is 1630. The molecule has 1 aromatic heterocycles. The highest BCUT2D eigenvalue weighted by molar-refractivity contribution is 5.83. The molecule has 0 bridgehead atoms. The molecular formula is C35H37F6N3O4. The lowest BCUT2D eigenvalue weighted by Crippen LogP contribution is -2.38. The van der Waals surface area contributed by atoms with E-state index in [1.807, 2.05) is 38.1 Å². The topological polar surface area (TPSA) is 72.0 Å². The van der Waals surface area contributed by atoms with Crippen LogP contribution in [0.1, 0.15) is 74.6 Å². The smallest absolute Gasteiger partial charge is 0.416 e. The van der Waals surface area contributed by atoms with E-state index in [9.17, 15) is 35.9 Å². The van der Waals surface area contributed by atoms with E-state index >= 15 is 0 Å². The maximum atomic E-state index is 13.6. The number of ether oxygens (including phenoxy) is 2. The molecule has 2 aromatic rings. The number of halogens is 6. The van der Waals surface area contributed by atoms with Crippen molar-refractivity contribution in [1.29, 1.82) is 0 Å². The van der Waals surface area contributed by atoms with Gasteiger partial charge in [-0.15, -0.1) is 0 Å². The van der Waals surface area contributed by atoms with Gasteiger partial charge in [0.1, 0.15) is 11.9 Å². The minimum absolute atomic E-state index is 0.0437. The van der Waals surface area contributed by atoms with Gasteiger partial charge in [-0.1, -0.05) is 24.3 Å². The predicted molar refractivity (Wildman–Crippen MR) is 167 cm³/mol. The number of hydrogen-bond acceptors (Lipinski definition) is 6. The summed E-state index contributed by atoms with van der Waals surface area (Å²) in [6.07, 6.45) is -7.01. The molecule has 3 fully saturated rings. The van der Waals surface area contributed by atoms with Crippen molar-refractivity contribution in [2.24, 2.45) is 11.8 Å². The number of benzene rings is 1. The zero-order valence-electron chi connectivity index (χ0n) is 27.0. The Kier molecular flexibility index (Phi) is 9.71. The molecule has 48 heavy (non-hydrogen) atoms. The maximum Gasteiger partial charge on any atom is 0.416 e. The zero-order valence-corrected chi connectivity index (χ0v) is 27.0. The van der Waals surface area contributed by atoms with Gasteiger partial charge < -0.3 is 14.4 Å². The number of pyridine rings is 1. The lowest BCUT2D eigenvalue weighted by molar-refractivity contribution is -0.145. The summed E-state index contributed by atoms with van der Waals surface area (Å²) >= 11 is 0. The number of amides is 1. The molecule has 1 amide bonds. The molecule has 1 aliphatic carbocycles. The molecule has 5 rings (SSSR count). The van der Waals surface area contributed by atoms with Crippen LogP contribution in [0.3, 0.4) is 0 Å². The molecule has 4 atom stereocenters. The third kappa shape index (κ3) is 7.24. The number of nitrogens with zero attached hydrogens (tertiary/aromatic N) is 3. The summed E-state index contributed by atoms with van der Waals surface area (Å²) in [5.74, 6) is 0.0224. The SMILES string of the molecule is C=C(/C=C(\C(C)=C/C)c1ccc(N2CCC2)nc1CN1C(=O)O[C@H](c2cc(C(F)(F)F)cc(C(F)(F)F)c2)[C@@H]1C)[C@@H]1CC1C(=O)OCC. The number of hydrogen-bond donors (Lipinski definition) is 0. The van der Waals surface area contributed by atoms with Crippen LogP contribution in [0, 0.1) is 11.8 Å². The molecule has 2 aliphatic heterocycles. The molecule has 1 aromatic carbocycles. The van der Waals surface area contributed by atoms with Crippen LogP contribution in [-0.4, -0.2) is 47.7 Å². The first-order chi connectivity index (χ1) is 22.5. The van der Waals surface area contributed by atoms with Crippen molar-refractivity contribution in [3.05, 3.63) is 88.2 Å². The summed E-state index contributed by atoms with van der Waals surface area (Å²) in [5.41, 5.74) is 0.0668. The van der Waals surface area contributed by atoms with Crippen molar-refractivity contribution in [2.75, 3.05) is 24.6 Å². The largest absolute Gasteiger partial charge is 0.466 e. The first-order valence-electron chi connectivity index (χ1n) is 15.8. The minimum atomic E-state index is -5.05. The van der Waals surface area contributed by atoms with Crippen molar-refractivity contribution < 1.29 is 45.4 Å². The number of cyclic esters (lactones) is 1. The standard InChI is InChI=1S/C35H37F6N3O4/c1-6-19(3)26(13-20(4)27-17-28(27)32(45)47-7-2)25-9-10-30(43-11-8-12-43)42-29(25)18-44-21(5)31(48-33(44)46)22-14-23(34(36,37)38)16-24(15-22)35(39,40)41/h6,9-10,13-16,21,27-28,31H,4,7-8,11-12,17-18H2,1-3,5H3/b19-6-,26-13+/t21-,27-,28?,31-/m0/s1. The molecule has 0 radical (unpaired) electrons. The number of rotatable bonds is 10. The molecule has 3 heterocycles. The highest BCUT2D eigenvalue weighted by atomic mass is 19.4. The van der Waals surface area contributed by atoms with Crippen molar-refractivity contribution in [3.8, 4) is 0 Å². The zero-order chi connectivity index (χ0) is 35.1. The van der Waals surface area contributed by atoms with Gasteiger partial charge in [-0.3, -0.25) is 9.69 Å². The number of anilines is 1. The molecule has 13 heteroatoms. The van der Waals surface area contributed by atoms with Gasteiger partial charge in [-0.25, -0.2) is 9.78 Å². The Morgan fingerprint density at radius 2 is 1.73 bits per heavy atom. The Labute approximate surface area is 274 Å². The van der Waals surface area contributed by atoms with E-state index in [1.165, 1.54) is 11.8 Å². The van der Waals surface area contributed by atoms with E-state index in [0.29, 0.717) is 35.6 Å². The summed E-state index contributed by atoms with van der Waals surface area (Å²) in [6, 6.07) is 4.03. The van der Waals surface area contributed by atoms with Gasteiger partial charge in [0.2, 0.25) is 0 Å². The van der Waals surface area contributed by atoms with Gasteiger partial charge in [0, 0.05) is 18.7 Å². The highest BCUT2D eigenvalue weighted by Gasteiger charge is 2.46.